The second kappa shape index (κ2) is 7.93. The predicted molar refractivity (Wildman–Crippen MR) is 78.5 cm³/mol. The first-order chi connectivity index (χ1) is 8.67. The maximum absolute atomic E-state index is 5.70. The van der Waals surface area contributed by atoms with Gasteiger partial charge in [-0.1, -0.05) is 25.2 Å². The lowest BCUT2D eigenvalue weighted by atomic mass is 10.1. The largest absolute Gasteiger partial charge is 0.493 e. The molecule has 0 unspecified atom stereocenters. The first-order valence-electron chi connectivity index (χ1n) is 6.25. The number of hydrogen-bond acceptors (Lipinski definition) is 3. The maximum Gasteiger partial charge on any atom is 0.161 e. The van der Waals surface area contributed by atoms with E-state index in [-0.39, 0.29) is 0 Å². The van der Waals surface area contributed by atoms with E-state index in [1.807, 2.05) is 12.1 Å². The maximum atomic E-state index is 5.70. The standard InChI is InChI=1S/C14H21NO2S/c1-3-11-7-8-12(13(10-11)16-2)17-9-5-4-6-14(15)18/h7-8,10H,3-6,9H2,1-2H3,(H2,15,18). The van der Waals surface area contributed by atoms with Crippen molar-refractivity contribution in [2.45, 2.75) is 32.6 Å². The van der Waals surface area contributed by atoms with E-state index in [0.717, 1.165) is 37.2 Å². The lowest BCUT2D eigenvalue weighted by Gasteiger charge is -2.11. The van der Waals surface area contributed by atoms with Crippen LogP contribution in [-0.4, -0.2) is 18.7 Å². The van der Waals surface area contributed by atoms with Crippen molar-refractivity contribution in [3.8, 4) is 11.5 Å². The highest BCUT2D eigenvalue weighted by Gasteiger charge is 2.04. The van der Waals surface area contributed by atoms with Gasteiger partial charge in [0.1, 0.15) is 0 Å². The van der Waals surface area contributed by atoms with Gasteiger partial charge in [-0.05, 0) is 43.4 Å². The number of methoxy groups -OCH3 is 1. The Kier molecular flexibility index (Phi) is 6.50. The first-order valence-corrected chi connectivity index (χ1v) is 6.66. The molecule has 0 atom stereocenters. The van der Waals surface area contributed by atoms with E-state index in [4.69, 9.17) is 27.4 Å². The summed E-state index contributed by atoms with van der Waals surface area (Å²) < 4.78 is 11.0. The van der Waals surface area contributed by atoms with E-state index in [1.165, 1.54) is 5.56 Å². The van der Waals surface area contributed by atoms with Crippen molar-refractivity contribution in [3.05, 3.63) is 23.8 Å². The average molecular weight is 267 g/mol. The Hall–Kier alpha value is -1.29. The number of thiocarbonyl (C=S) groups is 1. The van der Waals surface area contributed by atoms with Gasteiger partial charge in [0.05, 0.1) is 18.7 Å². The van der Waals surface area contributed by atoms with Gasteiger partial charge in [0, 0.05) is 0 Å². The van der Waals surface area contributed by atoms with Gasteiger partial charge in [-0.15, -0.1) is 0 Å². The molecule has 0 aromatic heterocycles. The minimum Gasteiger partial charge on any atom is -0.493 e. The molecule has 0 aliphatic heterocycles. The van der Waals surface area contributed by atoms with Crippen LogP contribution in [0.2, 0.25) is 0 Å². The van der Waals surface area contributed by atoms with Gasteiger partial charge >= 0.3 is 0 Å². The second-order valence-electron chi connectivity index (χ2n) is 4.11. The fraction of sp³-hybridized carbons (Fsp3) is 0.500. The van der Waals surface area contributed by atoms with Crippen LogP contribution in [0, 0.1) is 0 Å². The number of aryl methyl sites for hydroxylation is 1. The first kappa shape index (κ1) is 14.8. The molecule has 0 radical (unpaired) electrons. The molecular weight excluding hydrogens is 246 g/mol. The van der Waals surface area contributed by atoms with Gasteiger partial charge in [0.15, 0.2) is 11.5 Å². The molecule has 0 aliphatic carbocycles. The molecule has 0 bridgehead atoms. The molecule has 0 heterocycles. The molecule has 0 saturated heterocycles. The molecule has 18 heavy (non-hydrogen) atoms. The number of nitrogens with two attached hydrogens (primary N) is 1. The summed E-state index contributed by atoms with van der Waals surface area (Å²) in [5, 5.41) is 0. The highest BCUT2D eigenvalue weighted by Crippen LogP contribution is 2.28. The second-order valence-corrected chi connectivity index (χ2v) is 4.64. The molecule has 0 fully saturated rings. The van der Waals surface area contributed by atoms with Crippen LogP contribution in [0.4, 0.5) is 0 Å². The minimum atomic E-state index is 0.569. The van der Waals surface area contributed by atoms with Crippen molar-refractivity contribution in [3.63, 3.8) is 0 Å². The predicted octanol–water partition coefficient (Wildman–Crippen LogP) is 3.09. The van der Waals surface area contributed by atoms with Gasteiger partial charge in [0.25, 0.3) is 0 Å². The monoisotopic (exact) mass is 267 g/mol. The fourth-order valence-corrected chi connectivity index (χ4v) is 1.78. The van der Waals surface area contributed by atoms with Gasteiger partial charge in [-0.2, -0.15) is 0 Å². The summed E-state index contributed by atoms with van der Waals surface area (Å²) in [7, 11) is 1.66. The zero-order valence-corrected chi connectivity index (χ0v) is 11.9. The van der Waals surface area contributed by atoms with E-state index in [1.54, 1.807) is 7.11 Å². The van der Waals surface area contributed by atoms with Gasteiger partial charge in [-0.3, -0.25) is 0 Å². The van der Waals surface area contributed by atoms with Crippen LogP contribution >= 0.6 is 12.2 Å². The van der Waals surface area contributed by atoms with Gasteiger partial charge in [-0.25, -0.2) is 0 Å². The number of benzene rings is 1. The average Bonchev–Trinajstić information content (AvgIpc) is 2.38. The van der Waals surface area contributed by atoms with Crippen LogP contribution in [0.15, 0.2) is 18.2 Å². The Morgan fingerprint density at radius 3 is 2.67 bits per heavy atom. The minimum absolute atomic E-state index is 0.569. The third-order valence-electron chi connectivity index (χ3n) is 2.71. The topological polar surface area (TPSA) is 44.5 Å². The Bertz CT molecular complexity index is 393. The fourth-order valence-electron chi connectivity index (χ4n) is 1.63. The number of unbranched alkanes of at least 4 members (excludes halogenated alkanes) is 1. The van der Waals surface area contributed by atoms with Crippen molar-refractivity contribution in [1.82, 2.24) is 0 Å². The Balaban J connectivity index is 2.44. The molecular formula is C14H21NO2S. The zero-order valence-electron chi connectivity index (χ0n) is 11.1. The number of ether oxygens (including phenoxy) is 2. The Morgan fingerprint density at radius 2 is 2.06 bits per heavy atom. The van der Waals surface area contributed by atoms with Crippen molar-refractivity contribution in [2.75, 3.05) is 13.7 Å². The molecule has 0 amide bonds. The van der Waals surface area contributed by atoms with Crippen LogP contribution in [-0.2, 0) is 6.42 Å². The van der Waals surface area contributed by atoms with Crippen LogP contribution in [0.3, 0.4) is 0 Å². The van der Waals surface area contributed by atoms with E-state index in [0.29, 0.717) is 11.6 Å². The van der Waals surface area contributed by atoms with Crippen molar-refractivity contribution >= 4 is 17.2 Å². The summed E-state index contributed by atoms with van der Waals surface area (Å²) in [5.41, 5.74) is 6.68. The highest BCUT2D eigenvalue weighted by atomic mass is 32.1. The SMILES string of the molecule is CCc1ccc(OCCCCC(N)=S)c(OC)c1. The molecule has 100 valence electrons. The molecule has 2 N–H and O–H groups in total. The molecule has 1 aromatic rings. The molecule has 0 spiro atoms. The molecule has 1 aromatic carbocycles. The number of hydrogen-bond donors (Lipinski definition) is 1. The van der Waals surface area contributed by atoms with Crippen LogP contribution in [0.5, 0.6) is 11.5 Å². The Morgan fingerprint density at radius 1 is 1.28 bits per heavy atom. The summed E-state index contributed by atoms with van der Waals surface area (Å²) in [5.74, 6) is 1.59. The highest BCUT2D eigenvalue weighted by molar-refractivity contribution is 7.80. The van der Waals surface area contributed by atoms with E-state index >= 15 is 0 Å². The summed E-state index contributed by atoms with van der Waals surface area (Å²) in [6.45, 7) is 2.77. The van der Waals surface area contributed by atoms with Gasteiger partial charge < -0.3 is 15.2 Å². The normalized spacial score (nSPS) is 10.1. The van der Waals surface area contributed by atoms with Crippen molar-refractivity contribution in [1.29, 1.82) is 0 Å². The zero-order chi connectivity index (χ0) is 13.4. The Labute approximate surface area is 114 Å². The number of rotatable bonds is 8. The molecule has 4 heteroatoms. The van der Waals surface area contributed by atoms with Gasteiger partial charge in [0.2, 0.25) is 0 Å². The third-order valence-corrected chi connectivity index (χ3v) is 2.92. The van der Waals surface area contributed by atoms with Crippen LogP contribution in [0.1, 0.15) is 31.7 Å². The van der Waals surface area contributed by atoms with E-state index in [2.05, 4.69) is 13.0 Å². The molecule has 1 rings (SSSR count). The lowest BCUT2D eigenvalue weighted by Crippen LogP contribution is -2.08. The molecule has 3 nitrogen and oxygen atoms in total. The summed E-state index contributed by atoms with van der Waals surface area (Å²) in [6, 6.07) is 6.04. The van der Waals surface area contributed by atoms with Crippen LogP contribution < -0.4 is 15.2 Å². The lowest BCUT2D eigenvalue weighted by molar-refractivity contribution is 0.287. The van der Waals surface area contributed by atoms with E-state index in [9.17, 15) is 0 Å². The van der Waals surface area contributed by atoms with E-state index < -0.39 is 0 Å². The summed E-state index contributed by atoms with van der Waals surface area (Å²) >= 11 is 4.82. The molecule has 0 aliphatic rings. The summed E-state index contributed by atoms with van der Waals surface area (Å²) in [4.78, 5) is 0.569. The van der Waals surface area contributed by atoms with Crippen LogP contribution in [0.25, 0.3) is 0 Å². The van der Waals surface area contributed by atoms with Crippen molar-refractivity contribution < 1.29 is 9.47 Å². The summed E-state index contributed by atoms with van der Waals surface area (Å²) in [6.07, 6.45) is 3.68. The smallest absolute Gasteiger partial charge is 0.161 e. The quantitative estimate of drug-likeness (QED) is 0.580. The van der Waals surface area contributed by atoms with Crippen molar-refractivity contribution in [2.24, 2.45) is 5.73 Å². The third kappa shape index (κ3) is 4.92. The molecule has 0 saturated carbocycles.